The van der Waals surface area contributed by atoms with Gasteiger partial charge in [-0.1, -0.05) is 30.0 Å². The third-order valence-electron chi connectivity index (χ3n) is 5.74. The number of benzene rings is 2. The summed E-state index contributed by atoms with van der Waals surface area (Å²) in [6.45, 7) is 2.69. The summed E-state index contributed by atoms with van der Waals surface area (Å²) >= 11 is 1.39. The number of piperazine rings is 1. The lowest BCUT2D eigenvalue weighted by atomic mass is 10.2. The quantitative estimate of drug-likeness (QED) is 0.395. The average molecular weight is 475 g/mol. The van der Waals surface area contributed by atoms with Crippen molar-refractivity contribution in [3.8, 4) is 17.1 Å². The molecule has 3 heterocycles. The van der Waals surface area contributed by atoms with Crippen LogP contribution in [0.15, 0.2) is 84.3 Å². The van der Waals surface area contributed by atoms with Crippen molar-refractivity contribution < 1.29 is 9.18 Å². The van der Waals surface area contributed by atoms with Gasteiger partial charge in [-0.25, -0.2) is 4.39 Å². The number of pyridine rings is 1. The highest BCUT2D eigenvalue weighted by Crippen LogP contribution is 2.28. The van der Waals surface area contributed by atoms with Crippen LogP contribution in [-0.4, -0.2) is 62.5 Å². The van der Waals surface area contributed by atoms with E-state index in [0.29, 0.717) is 37.2 Å². The number of para-hydroxylation sites is 1. The molecule has 1 fully saturated rings. The Hall–Kier alpha value is -3.72. The number of aromatic nitrogens is 4. The molecule has 0 N–H and O–H groups in total. The number of amides is 1. The Labute approximate surface area is 201 Å². The second kappa shape index (κ2) is 10.0. The van der Waals surface area contributed by atoms with E-state index < -0.39 is 0 Å². The lowest BCUT2D eigenvalue weighted by Crippen LogP contribution is -2.49. The van der Waals surface area contributed by atoms with Gasteiger partial charge in [0, 0.05) is 55.5 Å². The van der Waals surface area contributed by atoms with Crippen molar-refractivity contribution in [1.82, 2.24) is 24.6 Å². The molecule has 0 unspecified atom stereocenters. The molecular weight excluding hydrogens is 451 g/mol. The molecule has 1 saturated heterocycles. The minimum absolute atomic E-state index is 0.0665. The summed E-state index contributed by atoms with van der Waals surface area (Å²) in [4.78, 5) is 21.1. The Morgan fingerprint density at radius 3 is 2.26 bits per heavy atom. The fourth-order valence-corrected chi connectivity index (χ4v) is 4.80. The van der Waals surface area contributed by atoms with E-state index in [2.05, 4.69) is 20.1 Å². The van der Waals surface area contributed by atoms with E-state index in [1.54, 1.807) is 24.5 Å². The van der Waals surface area contributed by atoms with Crippen molar-refractivity contribution in [2.75, 3.05) is 36.8 Å². The Balaban J connectivity index is 1.27. The first-order valence-corrected chi connectivity index (χ1v) is 12.0. The van der Waals surface area contributed by atoms with Crippen molar-refractivity contribution >= 4 is 23.4 Å². The fourth-order valence-electron chi connectivity index (χ4n) is 3.94. The van der Waals surface area contributed by atoms with Crippen molar-refractivity contribution in [2.45, 2.75) is 5.16 Å². The highest BCUT2D eigenvalue weighted by atomic mass is 32.2. The van der Waals surface area contributed by atoms with Crippen molar-refractivity contribution in [2.24, 2.45) is 0 Å². The Morgan fingerprint density at radius 1 is 0.853 bits per heavy atom. The zero-order valence-electron chi connectivity index (χ0n) is 18.4. The van der Waals surface area contributed by atoms with Crippen molar-refractivity contribution in [3.05, 3.63) is 84.9 Å². The molecule has 172 valence electrons. The van der Waals surface area contributed by atoms with Gasteiger partial charge in [-0.15, -0.1) is 10.2 Å². The van der Waals surface area contributed by atoms with Crippen molar-refractivity contribution in [1.29, 1.82) is 0 Å². The molecule has 5 rings (SSSR count). The van der Waals surface area contributed by atoms with Crippen LogP contribution in [0.1, 0.15) is 0 Å². The third kappa shape index (κ3) is 4.79. The predicted octanol–water partition coefficient (Wildman–Crippen LogP) is 3.91. The van der Waals surface area contributed by atoms with Crippen LogP contribution in [-0.2, 0) is 4.79 Å². The number of hydrogen-bond acceptors (Lipinski definition) is 6. The van der Waals surface area contributed by atoms with E-state index in [1.807, 2.05) is 51.9 Å². The molecule has 4 aromatic rings. The summed E-state index contributed by atoms with van der Waals surface area (Å²) in [5, 5.41) is 9.46. The molecule has 1 aliphatic rings. The van der Waals surface area contributed by atoms with Crippen LogP contribution in [0.25, 0.3) is 17.1 Å². The number of anilines is 1. The van der Waals surface area contributed by atoms with Gasteiger partial charge in [0.05, 0.1) is 5.75 Å². The van der Waals surface area contributed by atoms with Crippen LogP contribution in [0, 0.1) is 5.82 Å². The van der Waals surface area contributed by atoms with E-state index in [4.69, 9.17) is 0 Å². The van der Waals surface area contributed by atoms with Crippen LogP contribution in [0.2, 0.25) is 0 Å². The first-order chi connectivity index (χ1) is 16.7. The SMILES string of the molecule is O=C(CSc1nnc(-c2ccncc2)n1-c1ccccc1)N1CCN(c2ccc(F)cc2)CC1. The number of carbonyl (C=O) groups excluding carboxylic acids is 1. The normalized spacial score (nSPS) is 13.8. The largest absolute Gasteiger partial charge is 0.368 e. The van der Waals surface area contributed by atoms with E-state index in [1.165, 1.54) is 23.9 Å². The van der Waals surface area contributed by atoms with Gasteiger partial charge in [-0.3, -0.25) is 14.3 Å². The van der Waals surface area contributed by atoms with Crippen LogP contribution < -0.4 is 4.90 Å². The molecule has 2 aromatic carbocycles. The zero-order valence-corrected chi connectivity index (χ0v) is 19.2. The highest BCUT2D eigenvalue weighted by molar-refractivity contribution is 7.99. The summed E-state index contributed by atoms with van der Waals surface area (Å²) in [7, 11) is 0. The lowest BCUT2D eigenvalue weighted by molar-refractivity contribution is -0.128. The maximum atomic E-state index is 13.2. The molecule has 0 saturated carbocycles. The minimum Gasteiger partial charge on any atom is -0.368 e. The van der Waals surface area contributed by atoms with E-state index >= 15 is 0 Å². The maximum absolute atomic E-state index is 13.2. The predicted molar refractivity (Wildman–Crippen MR) is 131 cm³/mol. The number of rotatable bonds is 6. The molecular formula is C25H23FN6OS. The van der Waals surface area contributed by atoms with Crippen LogP contribution in [0.4, 0.5) is 10.1 Å². The monoisotopic (exact) mass is 474 g/mol. The van der Waals surface area contributed by atoms with Crippen LogP contribution >= 0.6 is 11.8 Å². The number of hydrogen-bond donors (Lipinski definition) is 0. The van der Waals surface area contributed by atoms with E-state index in [9.17, 15) is 9.18 Å². The smallest absolute Gasteiger partial charge is 0.233 e. The number of nitrogens with zero attached hydrogens (tertiary/aromatic N) is 6. The van der Waals surface area contributed by atoms with Gasteiger partial charge in [0.2, 0.25) is 5.91 Å². The fraction of sp³-hybridized carbons (Fsp3) is 0.200. The Kier molecular flexibility index (Phi) is 6.53. The second-order valence-corrected chi connectivity index (χ2v) is 8.79. The summed E-state index contributed by atoms with van der Waals surface area (Å²) in [5.41, 5.74) is 2.81. The van der Waals surface area contributed by atoms with Gasteiger partial charge < -0.3 is 9.80 Å². The molecule has 0 radical (unpaired) electrons. The molecule has 0 atom stereocenters. The van der Waals surface area contributed by atoms with E-state index in [0.717, 1.165) is 16.9 Å². The van der Waals surface area contributed by atoms with Crippen molar-refractivity contribution in [3.63, 3.8) is 0 Å². The Bertz CT molecular complexity index is 1240. The zero-order chi connectivity index (χ0) is 23.3. The van der Waals surface area contributed by atoms with Crippen LogP contribution in [0.5, 0.6) is 0 Å². The lowest BCUT2D eigenvalue weighted by Gasteiger charge is -2.36. The molecule has 7 nitrogen and oxygen atoms in total. The summed E-state index contributed by atoms with van der Waals surface area (Å²) in [5.74, 6) is 0.802. The van der Waals surface area contributed by atoms with Gasteiger partial charge >= 0.3 is 0 Å². The standard InChI is InChI=1S/C25H23FN6OS/c26-20-6-8-21(9-7-20)30-14-16-31(17-15-30)23(33)18-34-25-29-28-24(19-10-12-27-13-11-19)32(25)22-4-2-1-3-5-22/h1-13H,14-18H2. The molecule has 9 heteroatoms. The second-order valence-electron chi connectivity index (χ2n) is 7.85. The molecule has 0 spiro atoms. The maximum Gasteiger partial charge on any atom is 0.233 e. The first kappa shape index (κ1) is 22.1. The molecule has 2 aromatic heterocycles. The van der Waals surface area contributed by atoms with Gasteiger partial charge in [0.25, 0.3) is 0 Å². The summed E-state index contributed by atoms with van der Waals surface area (Å²) < 4.78 is 15.2. The molecule has 1 amide bonds. The third-order valence-corrected chi connectivity index (χ3v) is 6.65. The molecule has 1 aliphatic heterocycles. The Morgan fingerprint density at radius 2 is 1.56 bits per heavy atom. The van der Waals surface area contributed by atoms with E-state index in [-0.39, 0.29) is 17.5 Å². The first-order valence-electron chi connectivity index (χ1n) is 11.0. The van der Waals surface area contributed by atoms with Gasteiger partial charge in [0.1, 0.15) is 5.82 Å². The molecule has 0 aliphatic carbocycles. The number of halogens is 1. The molecule has 0 bridgehead atoms. The van der Waals surface area contributed by atoms with Crippen LogP contribution in [0.3, 0.4) is 0 Å². The van der Waals surface area contributed by atoms with Gasteiger partial charge in [-0.05, 0) is 48.5 Å². The minimum atomic E-state index is -0.245. The summed E-state index contributed by atoms with van der Waals surface area (Å²) in [6, 6.07) is 20.1. The topological polar surface area (TPSA) is 67.2 Å². The number of carbonyl (C=O) groups is 1. The van der Waals surface area contributed by atoms with Gasteiger partial charge in [-0.2, -0.15) is 0 Å². The molecule has 34 heavy (non-hydrogen) atoms. The summed E-state index contributed by atoms with van der Waals surface area (Å²) in [6.07, 6.45) is 3.45. The average Bonchev–Trinajstić information content (AvgIpc) is 3.33. The van der Waals surface area contributed by atoms with Gasteiger partial charge in [0.15, 0.2) is 11.0 Å². The highest BCUT2D eigenvalue weighted by Gasteiger charge is 2.23. The number of thioether (sulfide) groups is 1.